The summed E-state index contributed by atoms with van der Waals surface area (Å²) in [5.41, 5.74) is 1.17. The molecule has 0 saturated carbocycles. The average Bonchev–Trinajstić information content (AvgIpc) is 3.34. The van der Waals surface area contributed by atoms with Crippen LogP contribution in [0.1, 0.15) is 12.8 Å². The number of benzene rings is 1. The quantitative estimate of drug-likeness (QED) is 0.533. The third kappa shape index (κ3) is 4.76. The van der Waals surface area contributed by atoms with Crippen molar-refractivity contribution in [2.24, 2.45) is 7.05 Å². The van der Waals surface area contributed by atoms with E-state index in [0.29, 0.717) is 22.8 Å². The van der Waals surface area contributed by atoms with Crippen molar-refractivity contribution in [3.05, 3.63) is 45.8 Å². The molecule has 1 atom stereocenters. The standard InChI is InChI=1S/C24H28ClN7O3/c1-26-21(33)14-35-20-11-15-10-16(5-6-19(15)30(2)23(20)34)28-22-18(25)12-27-24(29-22)32-9-8-31-7-3-4-17(31)13-32/h5-6,10-12,17H,3-4,7-9,13-14H2,1-2H3,(H,26,33)(H,27,28,29). The van der Waals surface area contributed by atoms with E-state index in [9.17, 15) is 9.59 Å². The lowest BCUT2D eigenvalue weighted by Gasteiger charge is -2.37. The Kier molecular flexibility index (Phi) is 6.48. The molecule has 10 nitrogen and oxygen atoms in total. The number of pyridine rings is 1. The molecule has 2 aliphatic heterocycles. The third-order valence-electron chi connectivity index (χ3n) is 6.69. The van der Waals surface area contributed by atoms with Crippen LogP contribution in [-0.2, 0) is 11.8 Å². The van der Waals surface area contributed by atoms with Gasteiger partial charge in [0.25, 0.3) is 11.5 Å². The Hall–Kier alpha value is -3.37. The molecule has 1 unspecified atom stereocenters. The summed E-state index contributed by atoms with van der Waals surface area (Å²) in [5.74, 6) is 0.975. The van der Waals surface area contributed by atoms with Crippen LogP contribution < -0.4 is 25.8 Å². The number of ether oxygens (including phenoxy) is 1. The van der Waals surface area contributed by atoms with Crippen LogP contribution in [0.15, 0.2) is 35.3 Å². The predicted octanol–water partition coefficient (Wildman–Crippen LogP) is 2.13. The number of anilines is 3. The first-order valence-corrected chi connectivity index (χ1v) is 12.1. The summed E-state index contributed by atoms with van der Waals surface area (Å²) in [5, 5.41) is 6.95. The second kappa shape index (κ2) is 9.71. The number of halogens is 1. The van der Waals surface area contributed by atoms with Crippen molar-refractivity contribution < 1.29 is 9.53 Å². The molecular weight excluding hydrogens is 470 g/mol. The molecule has 5 rings (SSSR count). The highest BCUT2D eigenvalue weighted by molar-refractivity contribution is 6.32. The number of nitrogens with one attached hydrogen (secondary N) is 2. The number of hydrogen-bond donors (Lipinski definition) is 2. The highest BCUT2D eigenvalue weighted by Gasteiger charge is 2.31. The largest absolute Gasteiger partial charge is 0.478 e. The number of carbonyl (C=O) groups excluding carboxylic acids is 1. The molecule has 1 aromatic carbocycles. The predicted molar refractivity (Wildman–Crippen MR) is 136 cm³/mol. The minimum Gasteiger partial charge on any atom is -0.478 e. The van der Waals surface area contributed by atoms with Gasteiger partial charge in [-0.05, 0) is 43.7 Å². The normalized spacial score (nSPS) is 17.9. The van der Waals surface area contributed by atoms with Gasteiger partial charge in [-0.2, -0.15) is 4.98 Å². The number of piperazine rings is 1. The van der Waals surface area contributed by atoms with Gasteiger partial charge in [-0.3, -0.25) is 14.5 Å². The first-order chi connectivity index (χ1) is 16.9. The Morgan fingerprint density at radius 3 is 2.94 bits per heavy atom. The van der Waals surface area contributed by atoms with E-state index in [1.807, 2.05) is 18.2 Å². The van der Waals surface area contributed by atoms with E-state index in [4.69, 9.17) is 21.3 Å². The Morgan fingerprint density at radius 2 is 2.11 bits per heavy atom. The van der Waals surface area contributed by atoms with Crippen molar-refractivity contribution >= 4 is 45.9 Å². The summed E-state index contributed by atoms with van der Waals surface area (Å²) in [6, 6.07) is 7.79. The monoisotopic (exact) mass is 497 g/mol. The SMILES string of the molecule is CNC(=O)COc1cc2cc(Nc3nc(N4CCN5CCCC5C4)ncc3Cl)ccc2n(C)c1=O. The number of fused-ring (bicyclic) bond motifs is 2. The Morgan fingerprint density at radius 1 is 1.26 bits per heavy atom. The first-order valence-electron chi connectivity index (χ1n) is 11.7. The van der Waals surface area contributed by atoms with Gasteiger partial charge in [0.05, 0.1) is 11.7 Å². The van der Waals surface area contributed by atoms with Gasteiger partial charge in [0.1, 0.15) is 5.02 Å². The smallest absolute Gasteiger partial charge is 0.293 e. The Balaban J connectivity index is 1.39. The second-order valence-electron chi connectivity index (χ2n) is 8.88. The highest BCUT2D eigenvalue weighted by Crippen LogP contribution is 2.29. The van der Waals surface area contributed by atoms with E-state index >= 15 is 0 Å². The number of rotatable bonds is 6. The van der Waals surface area contributed by atoms with E-state index in [1.54, 1.807) is 19.3 Å². The Labute approximate surface area is 207 Å². The average molecular weight is 498 g/mol. The topological polar surface area (TPSA) is 105 Å². The summed E-state index contributed by atoms with van der Waals surface area (Å²) in [7, 11) is 3.18. The number of aromatic nitrogens is 3. The maximum Gasteiger partial charge on any atom is 0.293 e. The molecule has 0 spiro atoms. The molecule has 35 heavy (non-hydrogen) atoms. The highest BCUT2D eigenvalue weighted by atomic mass is 35.5. The number of hydrogen-bond acceptors (Lipinski definition) is 8. The molecule has 2 aliphatic rings. The van der Waals surface area contributed by atoms with Crippen LogP contribution >= 0.6 is 11.6 Å². The summed E-state index contributed by atoms with van der Waals surface area (Å²) in [6.07, 6.45) is 4.09. The van der Waals surface area contributed by atoms with Gasteiger partial charge in [0.2, 0.25) is 5.95 Å². The molecule has 184 valence electrons. The number of carbonyl (C=O) groups is 1. The van der Waals surface area contributed by atoms with Crippen molar-refractivity contribution in [1.29, 1.82) is 0 Å². The lowest BCUT2D eigenvalue weighted by molar-refractivity contribution is -0.122. The molecule has 2 fully saturated rings. The van der Waals surface area contributed by atoms with Crippen LogP contribution in [0, 0.1) is 0 Å². The molecule has 3 aromatic rings. The van der Waals surface area contributed by atoms with Gasteiger partial charge < -0.3 is 24.8 Å². The van der Waals surface area contributed by atoms with E-state index in [1.165, 1.54) is 31.0 Å². The number of amides is 1. The van der Waals surface area contributed by atoms with Gasteiger partial charge >= 0.3 is 0 Å². The molecule has 11 heteroatoms. The molecular formula is C24H28ClN7O3. The zero-order chi connectivity index (χ0) is 24.5. The molecule has 0 bridgehead atoms. The van der Waals surface area contributed by atoms with Crippen LogP contribution in [0.5, 0.6) is 5.75 Å². The second-order valence-corrected chi connectivity index (χ2v) is 9.28. The van der Waals surface area contributed by atoms with Crippen LogP contribution in [-0.4, -0.2) is 71.2 Å². The maximum atomic E-state index is 12.6. The molecule has 2 aromatic heterocycles. The van der Waals surface area contributed by atoms with Gasteiger partial charge in [-0.25, -0.2) is 4.98 Å². The van der Waals surface area contributed by atoms with E-state index < -0.39 is 0 Å². The minimum atomic E-state index is -0.314. The van der Waals surface area contributed by atoms with Gasteiger partial charge in [-0.15, -0.1) is 0 Å². The number of aryl methyl sites for hydroxylation is 1. The zero-order valence-electron chi connectivity index (χ0n) is 19.8. The lowest BCUT2D eigenvalue weighted by Crippen LogP contribution is -2.50. The fourth-order valence-corrected chi connectivity index (χ4v) is 4.90. The van der Waals surface area contributed by atoms with Crippen LogP contribution in [0.2, 0.25) is 5.02 Å². The lowest BCUT2D eigenvalue weighted by atomic mass is 10.1. The van der Waals surface area contributed by atoms with Crippen molar-refractivity contribution in [3.63, 3.8) is 0 Å². The van der Waals surface area contributed by atoms with Gasteiger partial charge in [0, 0.05) is 50.8 Å². The summed E-state index contributed by atoms with van der Waals surface area (Å²) < 4.78 is 6.95. The molecule has 1 amide bonds. The van der Waals surface area contributed by atoms with E-state index in [-0.39, 0.29) is 23.8 Å². The van der Waals surface area contributed by atoms with Gasteiger partial charge in [-0.1, -0.05) is 11.6 Å². The zero-order valence-corrected chi connectivity index (χ0v) is 20.5. The fraction of sp³-hybridized carbons (Fsp3) is 0.417. The maximum absolute atomic E-state index is 12.6. The number of likely N-dealkylation sites (N-methyl/N-ethyl adjacent to an activating group) is 1. The van der Waals surface area contributed by atoms with Crippen LogP contribution in [0.25, 0.3) is 10.9 Å². The van der Waals surface area contributed by atoms with Crippen molar-refractivity contribution in [1.82, 2.24) is 24.8 Å². The van der Waals surface area contributed by atoms with Crippen LogP contribution in [0.3, 0.4) is 0 Å². The van der Waals surface area contributed by atoms with Crippen LogP contribution in [0.4, 0.5) is 17.5 Å². The minimum absolute atomic E-state index is 0.106. The fourth-order valence-electron chi connectivity index (χ4n) is 4.76. The molecule has 4 heterocycles. The first kappa shape index (κ1) is 23.4. The van der Waals surface area contributed by atoms with E-state index in [2.05, 4.69) is 25.4 Å². The Bertz CT molecular complexity index is 1330. The molecule has 0 radical (unpaired) electrons. The summed E-state index contributed by atoms with van der Waals surface area (Å²) in [4.78, 5) is 38.1. The third-order valence-corrected chi connectivity index (χ3v) is 6.97. The van der Waals surface area contributed by atoms with Crippen molar-refractivity contribution in [2.75, 3.05) is 50.1 Å². The van der Waals surface area contributed by atoms with Crippen molar-refractivity contribution in [2.45, 2.75) is 18.9 Å². The molecule has 2 saturated heterocycles. The van der Waals surface area contributed by atoms with Gasteiger partial charge in [0.15, 0.2) is 18.2 Å². The summed E-state index contributed by atoms with van der Waals surface area (Å²) in [6.45, 7) is 3.78. The molecule has 0 aliphatic carbocycles. The van der Waals surface area contributed by atoms with Crippen molar-refractivity contribution in [3.8, 4) is 5.75 Å². The summed E-state index contributed by atoms with van der Waals surface area (Å²) >= 11 is 6.43. The molecule has 2 N–H and O–H groups in total. The number of nitrogens with zero attached hydrogens (tertiary/aromatic N) is 5. The van der Waals surface area contributed by atoms with E-state index in [0.717, 1.165) is 36.2 Å².